The number of benzene rings is 1. The molecule has 0 bridgehead atoms. The predicted octanol–water partition coefficient (Wildman–Crippen LogP) is 2.78. The van der Waals surface area contributed by atoms with Crippen LogP contribution in [0.15, 0.2) is 36.5 Å². The summed E-state index contributed by atoms with van der Waals surface area (Å²) in [6.07, 6.45) is 1.71. The maximum absolute atomic E-state index is 13.1. The molecule has 1 aromatic heterocycles. The average molecular weight is 202 g/mol. The quantitative estimate of drug-likeness (QED) is 0.722. The standard InChI is InChI=1S/C12H11FN2/c1-8-12(3-2-4-15-8)9-5-10(13)7-11(14)6-9/h2-7H,14H2,1H3. The Kier molecular flexibility index (Phi) is 2.37. The Balaban J connectivity index is 2.59. The molecule has 0 fully saturated rings. The minimum absolute atomic E-state index is 0.326. The van der Waals surface area contributed by atoms with Crippen LogP contribution in [0.2, 0.25) is 0 Å². The van der Waals surface area contributed by atoms with Crippen LogP contribution >= 0.6 is 0 Å². The third-order valence-electron chi connectivity index (χ3n) is 2.24. The fourth-order valence-electron chi connectivity index (χ4n) is 1.56. The molecule has 2 aromatic rings. The summed E-state index contributed by atoms with van der Waals surface area (Å²) in [5, 5.41) is 0. The van der Waals surface area contributed by atoms with Crippen molar-refractivity contribution in [3.05, 3.63) is 48.0 Å². The second kappa shape index (κ2) is 3.69. The number of anilines is 1. The summed E-state index contributed by atoms with van der Waals surface area (Å²) in [5.74, 6) is -0.326. The number of pyridine rings is 1. The molecule has 3 heteroatoms. The lowest BCUT2D eigenvalue weighted by Gasteiger charge is -2.05. The van der Waals surface area contributed by atoms with Gasteiger partial charge in [-0.05, 0) is 36.8 Å². The highest BCUT2D eigenvalue weighted by atomic mass is 19.1. The molecule has 2 nitrogen and oxygen atoms in total. The summed E-state index contributed by atoms with van der Waals surface area (Å²) in [7, 11) is 0. The van der Waals surface area contributed by atoms with Gasteiger partial charge in [-0.25, -0.2) is 4.39 Å². The molecule has 0 spiro atoms. The van der Waals surface area contributed by atoms with Crippen molar-refractivity contribution in [2.24, 2.45) is 0 Å². The van der Waals surface area contributed by atoms with Crippen LogP contribution in [0.25, 0.3) is 11.1 Å². The van der Waals surface area contributed by atoms with Gasteiger partial charge in [0, 0.05) is 23.1 Å². The third-order valence-corrected chi connectivity index (χ3v) is 2.24. The lowest BCUT2D eigenvalue weighted by Crippen LogP contribution is -1.91. The first kappa shape index (κ1) is 9.65. The minimum Gasteiger partial charge on any atom is -0.399 e. The zero-order chi connectivity index (χ0) is 10.8. The normalized spacial score (nSPS) is 10.3. The highest BCUT2D eigenvalue weighted by molar-refractivity contribution is 5.69. The van der Waals surface area contributed by atoms with Crippen molar-refractivity contribution in [1.82, 2.24) is 4.98 Å². The molecule has 1 heterocycles. The second-order valence-electron chi connectivity index (χ2n) is 3.41. The number of aromatic nitrogens is 1. The highest BCUT2D eigenvalue weighted by Crippen LogP contribution is 2.24. The maximum Gasteiger partial charge on any atom is 0.125 e. The van der Waals surface area contributed by atoms with Crippen molar-refractivity contribution < 1.29 is 4.39 Å². The van der Waals surface area contributed by atoms with Gasteiger partial charge in [0.1, 0.15) is 5.82 Å². The minimum atomic E-state index is -0.326. The Labute approximate surface area is 87.6 Å². The molecule has 0 unspecified atom stereocenters. The highest BCUT2D eigenvalue weighted by Gasteiger charge is 2.04. The molecule has 0 atom stereocenters. The van der Waals surface area contributed by atoms with Gasteiger partial charge in [-0.3, -0.25) is 4.98 Å². The van der Waals surface area contributed by atoms with E-state index in [0.717, 1.165) is 16.8 Å². The van der Waals surface area contributed by atoms with Gasteiger partial charge in [0.2, 0.25) is 0 Å². The summed E-state index contributed by atoms with van der Waals surface area (Å²) >= 11 is 0. The van der Waals surface area contributed by atoms with E-state index in [0.29, 0.717) is 5.69 Å². The first-order chi connectivity index (χ1) is 7.16. The van der Waals surface area contributed by atoms with Crippen molar-refractivity contribution >= 4 is 5.69 Å². The van der Waals surface area contributed by atoms with Gasteiger partial charge < -0.3 is 5.73 Å². The van der Waals surface area contributed by atoms with Crippen LogP contribution in [0.1, 0.15) is 5.69 Å². The molecule has 0 saturated heterocycles. The van der Waals surface area contributed by atoms with Crippen LogP contribution in [-0.4, -0.2) is 4.98 Å². The number of aryl methyl sites for hydroxylation is 1. The molecular weight excluding hydrogens is 191 g/mol. The van der Waals surface area contributed by atoms with E-state index in [1.165, 1.54) is 12.1 Å². The van der Waals surface area contributed by atoms with Crippen molar-refractivity contribution in [3.63, 3.8) is 0 Å². The smallest absolute Gasteiger partial charge is 0.125 e. The first-order valence-corrected chi connectivity index (χ1v) is 4.65. The fourth-order valence-corrected chi connectivity index (χ4v) is 1.56. The summed E-state index contributed by atoms with van der Waals surface area (Å²) in [4.78, 5) is 4.15. The van der Waals surface area contributed by atoms with Crippen molar-refractivity contribution in [1.29, 1.82) is 0 Å². The van der Waals surface area contributed by atoms with Crippen LogP contribution in [0.4, 0.5) is 10.1 Å². The van der Waals surface area contributed by atoms with Crippen LogP contribution in [0.5, 0.6) is 0 Å². The van der Waals surface area contributed by atoms with E-state index >= 15 is 0 Å². The molecule has 0 aliphatic heterocycles. The molecule has 2 N–H and O–H groups in total. The van der Waals surface area contributed by atoms with Crippen LogP contribution in [-0.2, 0) is 0 Å². The maximum atomic E-state index is 13.1. The van der Waals surface area contributed by atoms with Gasteiger partial charge >= 0.3 is 0 Å². The van der Waals surface area contributed by atoms with Gasteiger partial charge in [-0.1, -0.05) is 6.07 Å². The summed E-state index contributed by atoms with van der Waals surface area (Å²) in [6.45, 7) is 1.89. The second-order valence-corrected chi connectivity index (χ2v) is 3.41. The van der Waals surface area contributed by atoms with Crippen LogP contribution < -0.4 is 5.73 Å². The predicted molar refractivity (Wildman–Crippen MR) is 58.8 cm³/mol. The Hall–Kier alpha value is -1.90. The molecule has 15 heavy (non-hydrogen) atoms. The monoisotopic (exact) mass is 202 g/mol. The van der Waals surface area contributed by atoms with Crippen molar-refractivity contribution in [3.8, 4) is 11.1 Å². The molecule has 0 aliphatic rings. The van der Waals surface area contributed by atoms with Crippen LogP contribution in [0.3, 0.4) is 0 Å². The van der Waals surface area contributed by atoms with Crippen molar-refractivity contribution in [2.75, 3.05) is 5.73 Å². The number of hydrogen-bond donors (Lipinski definition) is 1. The first-order valence-electron chi connectivity index (χ1n) is 4.65. The van der Waals surface area contributed by atoms with Gasteiger partial charge in [0.05, 0.1) is 0 Å². The molecule has 76 valence electrons. The Morgan fingerprint density at radius 2 is 2.07 bits per heavy atom. The van der Waals surface area contributed by atoms with Gasteiger partial charge in [0.15, 0.2) is 0 Å². The molecule has 0 radical (unpaired) electrons. The number of hydrogen-bond acceptors (Lipinski definition) is 2. The van der Waals surface area contributed by atoms with E-state index in [1.807, 2.05) is 19.1 Å². The number of nitrogen functional groups attached to an aromatic ring is 1. The molecule has 0 aliphatic carbocycles. The largest absolute Gasteiger partial charge is 0.399 e. The zero-order valence-corrected chi connectivity index (χ0v) is 8.37. The number of halogens is 1. The molecular formula is C12H11FN2. The number of rotatable bonds is 1. The fraction of sp³-hybridized carbons (Fsp3) is 0.0833. The average Bonchev–Trinajstić information content (AvgIpc) is 2.16. The lowest BCUT2D eigenvalue weighted by molar-refractivity contribution is 0.629. The zero-order valence-electron chi connectivity index (χ0n) is 8.37. The Morgan fingerprint density at radius 3 is 2.73 bits per heavy atom. The number of nitrogens with two attached hydrogens (primary N) is 1. The lowest BCUT2D eigenvalue weighted by atomic mass is 10.0. The van der Waals surface area contributed by atoms with Crippen molar-refractivity contribution in [2.45, 2.75) is 6.92 Å². The Bertz CT molecular complexity index is 474. The van der Waals surface area contributed by atoms with E-state index in [4.69, 9.17) is 5.73 Å². The van der Waals surface area contributed by atoms with E-state index in [2.05, 4.69) is 4.98 Å². The molecule has 2 rings (SSSR count). The third kappa shape index (κ3) is 1.96. The SMILES string of the molecule is Cc1ncccc1-c1cc(N)cc(F)c1. The van der Waals surface area contributed by atoms with E-state index in [9.17, 15) is 4.39 Å². The Morgan fingerprint density at radius 1 is 1.27 bits per heavy atom. The van der Waals surface area contributed by atoms with Gasteiger partial charge in [-0.2, -0.15) is 0 Å². The van der Waals surface area contributed by atoms with Gasteiger partial charge in [0.25, 0.3) is 0 Å². The van der Waals surface area contributed by atoms with Gasteiger partial charge in [-0.15, -0.1) is 0 Å². The van der Waals surface area contributed by atoms with E-state index in [-0.39, 0.29) is 5.82 Å². The van der Waals surface area contributed by atoms with Crippen LogP contribution in [0, 0.1) is 12.7 Å². The van der Waals surface area contributed by atoms with E-state index < -0.39 is 0 Å². The summed E-state index contributed by atoms with van der Waals surface area (Å²) in [5.41, 5.74) is 8.54. The summed E-state index contributed by atoms with van der Waals surface area (Å²) < 4.78 is 13.1. The summed E-state index contributed by atoms with van der Waals surface area (Å²) in [6, 6.07) is 8.22. The molecule has 0 saturated carbocycles. The molecule has 1 aromatic carbocycles. The van der Waals surface area contributed by atoms with E-state index in [1.54, 1.807) is 12.3 Å². The number of nitrogens with zero attached hydrogens (tertiary/aromatic N) is 1. The topological polar surface area (TPSA) is 38.9 Å². The molecule has 0 amide bonds.